The van der Waals surface area contributed by atoms with Crippen LogP contribution in [0.25, 0.3) is 0 Å². The molecular weight excluding hydrogens is 250 g/mol. The Morgan fingerprint density at radius 1 is 1.64 bits per heavy atom. The van der Waals surface area contributed by atoms with Gasteiger partial charge in [-0.1, -0.05) is 29.8 Å². The van der Waals surface area contributed by atoms with Crippen LogP contribution in [0.3, 0.4) is 0 Å². The fraction of sp³-hybridized carbons (Fsp3) is 0.778. The number of hydrogen-bond acceptors (Lipinski definition) is 3. The van der Waals surface area contributed by atoms with Crippen LogP contribution in [0.2, 0.25) is 0 Å². The summed E-state index contributed by atoms with van der Waals surface area (Å²) in [7, 11) is 0. The van der Waals surface area contributed by atoms with Crippen LogP contribution in [0.4, 0.5) is 4.79 Å². The molecule has 5 heteroatoms. The second-order valence-corrected chi connectivity index (χ2v) is 4.96. The number of rotatable bonds is 3. The Morgan fingerprint density at radius 3 is 2.71 bits per heavy atom. The Bertz CT molecular complexity index is 242. The third-order valence-electron chi connectivity index (χ3n) is 2.34. The quantitative estimate of drug-likeness (QED) is 0.730. The third kappa shape index (κ3) is 2.70. The van der Waals surface area contributed by atoms with Crippen molar-refractivity contribution in [2.45, 2.75) is 25.1 Å². The molecule has 0 unspecified atom stereocenters. The summed E-state index contributed by atoms with van der Waals surface area (Å²) >= 11 is 3.41. The lowest BCUT2D eigenvalue weighted by atomic mass is 10.0. The summed E-state index contributed by atoms with van der Waals surface area (Å²) < 4.78 is 4.68. The number of carbonyl (C=O) groups is 2. The average Bonchev–Trinajstić information content (AvgIpc) is 2.51. The van der Waals surface area contributed by atoms with Crippen molar-refractivity contribution in [3.63, 3.8) is 0 Å². The number of imide groups is 1. The molecule has 0 radical (unpaired) electrons. The first-order chi connectivity index (χ1) is 6.52. The highest BCUT2D eigenvalue weighted by Gasteiger charge is 2.29. The summed E-state index contributed by atoms with van der Waals surface area (Å²) in [6.45, 7) is 4.67. The molecule has 1 rings (SSSR count). The van der Waals surface area contributed by atoms with Crippen molar-refractivity contribution in [2.75, 3.05) is 13.2 Å². The van der Waals surface area contributed by atoms with Gasteiger partial charge in [-0.2, -0.15) is 0 Å². The van der Waals surface area contributed by atoms with E-state index in [1.54, 1.807) is 0 Å². The molecule has 0 aliphatic carbocycles. The van der Waals surface area contributed by atoms with Crippen molar-refractivity contribution in [3.05, 3.63) is 0 Å². The van der Waals surface area contributed by atoms with Crippen LogP contribution in [0.15, 0.2) is 0 Å². The van der Waals surface area contributed by atoms with Crippen LogP contribution in [-0.4, -0.2) is 34.9 Å². The fourth-order valence-corrected chi connectivity index (χ4v) is 1.35. The Labute approximate surface area is 91.7 Å². The second-order valence-electron chi connectivity index (χ2n) is 3.52. The zero-order valence-electron chi connectivity index (χ0n) is 8.33. The predicted molar refractivity (Wildman–Crippen MR) is 55.2 cm³/mol. The Balaban J connectivity index is 2.45. The van der Waals surface area contributed by atoms with Gasteiger partial charge >= 0.3 is 6.09 Å². The highest BCUT2D eigenvalue weighted by Crippen LogP contribution is 2.17. The summed E-state index contributed by atoms with van der Waals surface area (Å²) in [4.78, 5) is 24.1. The molecule has 14 heavy (non-hydrogen) atoms. The molecule has 1 aliphatic heterocycles. The SMILES string of the molecule is C[C@H](CC(=O)N1CCOC1=O)[C@@H](C)Br. The van der Waals surface area contributed by atoms with Gasteiger partial charge in [0.05, 0.1) is 6.54 Å². The summed E-state index contributed by atoms with van der Waals surface area (Å²) in [6, 6.07) is 0. The van der Waals surface area contributed by atoms with Gasteiger partial charge in [0.25, 0.3) is 0 Å². The number of carbonyl (C=O) groups excluding carboxylic acids is 2. The maximum Gasteiger partial charge on any atom is 0.416 e. The summed E-state index contributed by atoms with van der Waals surface area (Å²) in [6.07, 6.45) is -0.133. The topological polar surface area (TPSA) is 46.6 Å². The highest BCUT2D eigenvalue weighted by atomic mass is 79.9. The van der Waals surface area contributed by atoms with E-state index in [1.807, 2.05) is 13.8 Å². The lowest BCUT2D eigenvalue weighted by molar-refractivity contribution is -0.128. The molecule has 80 valence electrons. The summed E-state index contributed by atoms with van der Waals surface area (Å²) in [5.74, 6) is 0.0715. The highest BCUT2D eigenvalue weighted by molar-refractivity contribution is 9.09. The van der Waals surface area contributed by atoms with Crippen LogP contribution in [-0.2, 0) is 9.53 Å². The van der Waals surface area contributed by atoms with E-state index in [0.717, 1.165) is 0 Å². The molecule has 0 bridgehead atoms. The zero-order chi connectivity index (χ0) is 10.7. The fourth-order valence-electron chi connectivity index (χ4n) is 1.17. The van der Waals surface area contributed by atoms with Gasteiger partial charge in [-0.25, -0.2) is 9.69 Å². The Morgan fingerprint density at radius 2 is 2.29 bits per heavy atom. The number of halogens is 1. The molecule has 2 atom stereocenters. The predicted octanol–water partition coefficient (Wildman–Crippen LogP) is 1.77. The minimum atomic E-state index is -0.510. The van der Waals surface area contributed by atoms with Crippen LogP contribution < -0.4 is 0 Å². The molecule has 0 aromatic rings. The van der Waals surface area contributed by atoms with Gasteiger partial charge in [-0.05, 0) is 5.92 Å². The monoisotopic (exact) mass is 263 g/mol. The molecule has 1 saturated heterocycles. The molecule has 0 aromatic carbocycles. The molecule has 2 amide bonds. The van der Waals surface area contributed by atoms with Crippen LogP contribution in [0, 0.1) is 5.92 Å². The average molecular weight is 264 g/mol. The molecular formula is C9H14BrNO3. The first kappa shape index (κ1) is 11.5. The van der Waals surface area contributed by atoms with E-state index in [1.165, 1.54) is 4.90 Å². The van der Waals surface area contributed by atoms with Gasteiger partial charge in [0.1, 0.15) is 6.61 Å². The Kier molecular flexibility index (Phi) is 3.92. The number of nitrogens with zero attached hydrogens (tertiary/aromatic N) is 1. The minimum absolute atomic E-state index is 0.147. The normalized spacial score (nSPS) is 20.5. The number of ether oxygens (including phenoxy) is 1. The van der Waals surface area contributed by atoms with Gasteiger partial charge in [-0.15, -0.1) is 0 Å². The third-order valence-corrected chi connectivity index (χ3v) is 3.25. The molecule has 1 aliphatic rings. The number of alkyl halides is 1. The lowest BCUT2D eigenvalue weighted by Crippen LogP contribution is -2.33. The van der Waals surface area contributed by atoms with Crippen molar-refractivity contribution in [1.29, 1.82) is 0 Å². The second kappa shape index (κ2) is 4.77. The van der Waals surface area contributed by atoms with Crippen LogP contribution in [0.1, 0.15) is 20.3 Å². The number of cyclic esters (lactones) is 1. The zero-order valence-corrected chi connectivity index (χ0v) is 9.91. The largest absolute Gasteiger partial charge is 0.447 e. The van der Waals surface area contributed by atoms with E-state index in [-0.39, 0.29) is 16.7 Å². The first-order valence-corrected chi connectivity index (χ1v) is 5.55. The molecule has 0 spiro atoms. The van der Waals surface area contributed by atoms with E-state index >= 15 is 0 Å². The smallest absolute Gasteiger partial charge is 0.416 e. The molecule has 1 fully saturated rings. The van der Waals surface area contributed by atoms with Gasteiger partial charge < -0.3 is 4.74 Å². The molecule has 0 saturated carbocycles. The Hall–Kier alpha value is -0.580. The lowest BCUT2D eigenvalue weighted by Gasteiger charge is -2.16. The van der Waals surface area contributed by atoms with Gasteiger partial charge in [-0.3, -0.25) is 4.79 Å². The van der Waals surface area contributed by atoms with E-state index in [0.29, 0.717) is 19.6 Å². The van der Waals surface area contributed by atoms with Crippen molar-refractivity contribution >= 4 is 27.9 Å². The first-order valence-electron chi connectivity index (χ1n) is 4.63. The number of amides is 2. The van der Waals surface area contributed by atoms with Crippen molar-refractivity contribution in [3.8, 4) is 0 Å². The van der Waals surface area contributed by atoms with E-state index in [9.17, 15) is 9.59 Å². The molecule has 4 nitrogen and oxygen atoms in total. The maximum atomic E-state index is 11.6. The van der Waals surface area contributed by atoms with Crippen LogP contribution >= 0.6 is 15.9 Å². The number of hydrogen-bond donors (Lipinski definition) is 0. The summed E-state index contributed by atoms with van der Waals surface area (Å²) in [5, 5.41) is 0. The molecule has 0 aromatic heterocycles. The van der Waals surface area contributed by atoms with Gasteiger partial charge in [0, 0.05) is 11.2 Å². The van der Waals surface area contributed by atoms with E-state index < -0.39 is 6.09 Å². The van der Waals surface area contributed by atoms with Crippen molar-refractivity contribution < 1.29 is 14.3 Å². The standard InChI is InChI=1S/C9H14BrNO3/c1-6(7(2)10)5-8(12)11-3-4-14-9(11)13/h6-7H,3-5H2,1-2H3/t6-,7-/m1/s1. The maximum absolute atomic E-state index is 11.6. The van der Waals surface area contributed by atoms with E-state index in [2.05, 4.69) is 20.7 Å². The molecule has 1 heterocycles. The molecule has 0 N–H and O–H groups in total. The summed E-state index contributed by atoms with van der Waals surface area (Å²) in [5.41, 5.74) is 0. The van der Waals surface area contributed by atoms with Gasteiger partial charge in [0.15, 0.2) is 0 Å². The van der Waals surface area contributed by atoms with Crippen molar-refractivity contribution in [1.82, 2.24) is 4.90 Å². The van der Waals surface area contributed by atoms with Gasteiger partial charge in [0.2, 0.25) is 5.91 Å². The minimum Gasteiger partial charge on any atom is -0.447 e. The van der Waals surface area contributed by atoms with E-state index in [4.69, 9.17) is 0 Å². The van der Waals surface area contributed by atoms with Crippen LogP contribution in [0.5, 0.6) is 0 Å². The van der Waals surface area contributed by atoms with Crippen molar-refractivity contribution in [2.24, 2.45) is 5.92 Å².